The van der Waals surface area contributed by atoms with Crippen molar-refractivity contribution < 1.29 is 0 Å². The SMILES string of the molecule is Cc1ccccc1CSc1cc(N)nc(C(C)(C)C)n1. The number of nitrogens with zero attached hydrogens (tertiary/aromatic N) is 2. The quantitative estimate of drug-likeness (QED) is 0.686. The van der Waals surface area contributed by atoms with Crippen LogP contribution in [-0.2, 0) is 11.2 Å². The van der Waals surface area contributed by atoms with Crippen LogP contribution in [0.25, 0.3) is 0 Å². The predicted molar refractivity (Wildman–Crippen MR) is 85.9 cm³/mol. The number of benzene rings is 1. The van der Waals surface area contributed by atoms with Crippen LogP contribution in [0.2, 0.25) is 0 Å². The maximum absolute atomic E-state index is 5.89. The molecule has 4 heteroatoms. The molecule has 0 aliphatic rings. The van der Waals surface area contributed by atoms with Crippen molar-refractivity contribution in [3.8, 4) is 0 Å². The molecule has 1 aromatic carbocycles. The molecule has 2 N–H and O–H groups in total. The fourth-order valence-electron chi connectivity index (χ4n) is 1.78. The maximum Gasteiger partial charge on any atom is 0.137 e. The summed E-state index contributed by atoms with van der Waals surface area (Å²) in [7, 11) is 0. The van der Waals surface area contributed by atoms with Crippen molar-refractivity contribution >= 4 is 17.6 Å². The number of rotatable bonds is 3. The van der Waals surface area contributed by atoms with E-state index in [9.17, 15) is 0 Å². The Labute approximate surface area is 125 Å². The normalized spacial score (nSPS) is 11.6. The molecule has 0 atom stereocenters. The van der Waals surface area contributed by atoms with Crippen molar-refractivity contribution in [1.29, 1.82) is 0 Å². The molecule has 0 bridgehead atoms. The molecule has 0 saturated carbocycles. The number of aromatic nitrogens is 2. The van der Waals surface area contributed by atoms with Gasteiger partial charge in [0.2, 0.25) is 0 Å². The zero-order chi connectivity index (χ0) is 14.8. The first-order valence-corrected chi connectivity index (χ1v) is 7.67. The van der Waals surface area contributed by atoms with Crippen molar-refractivity contribution in [3.05, 3.63) is 47.3 Å². The number of nitrogens with two attached hydrogens (primary N) is 1. The molecule has 106 valence electrons. The van der Waals surface area contributed by atoms with Gasteiger partial charge in [-0.05, 0) is 18.1 Å². The molecular formula is C16H21N3S. The van der Waals surface area contributed by atoms with Gasteiger partial charge >= 0.3 is 0 Å². The molecule has 1 aromatic heterocycles. The molecule has 20 heavy (non-hydrogen) atoms. The molecule has 2 rings (SSSR count). The second kappa shape index (κ2) is 5.83. The third-order valence-corrected chi connectivity index (χ3v) is 3.99. The largest absolute Gasteiger partial charge is 0.384 e. The maximum atomic E-state index is 5.89. The van der Waals surface area contributed by atoms with Crippen molar-refractivity contribution in [1.82, 2.24) is 9.97 Å². The topological polar surface area (TPSA) is 51.8 Å². The molecule has 0 aliphatic heterocycles. The molecule has 3 nitrogen and oxygen atoms in total. The summed E-state index contributed by atoms with van der Waals surface area (Å²) in [5.41, 5.74) is 8.43. The average Bonchev–Trinajstić information content (AvgIpc) is 2.36. The van der Waals surface area contributed by atoms with Gasteiger partial charge in [0.1, 0.15) is 16.7 Å². The second-order valence-electron chi connectivity index (χ2n) is 5.92. The first kappa shape index (κ1) is 14.9. The Hall–Kier alpha value is -1.55. The molecular weight excluding hydrogens is 266 g/mol. The van der Waals surface area contributed by atoms with E-state index in [1.165, 1.54) is 11.1 Å². The molecule has 0 fully saturated rings. The highest BCUT2D eigenvalue weighted by Gasteiger charge is 2.18. The highest BCUT2D eigenvalue weighted by molar-refractivity contribution is 7.98. The number of thioether (sulfide) groups is 1. The lowest BCUT2D eigenvalue weighted by atomic mass is 9.96. The van der Waals surface area contributed by atoms with Crippen LogP contribution in [0.4, 0.5) is 5.82 Å². The summed E-state index contributed by atoms with van der Waals surface area (Å²) in [6.45, 7) is 8.41. The Morgan fingerprint density at radius 2 is 1.85 bits per heavy atom. The molecule has 0 spiro atoms. The lowest BCUT2D eigenvalue weighted by molar-refractivity contribution is 0.540. The van der Waals surface area contributed by atoms with Gasteiger partial charge in [-0.15, -0.1) is 11.8 Å². The highest BCUT2D eigenvalue weighted by Crippen LogP contribution is 2.26. The van der Waals surface area contributed by atoms with Gasteiger partial charge in [-0.1, -0.05) is 45.0 Å². The summed E-state index contributed by atoms with van der Waals surface area (Å²) in [4.78, 5) is 8.95. The van der Waals surface area contributed by atoms with Gasteiger partial charge in [0.25, 0.3) is 0 Å². The Morgan fingerprint density at radius 1 is 1.15 bits per heavy atom. The summed E-state index contributed by atoms with van der Waals surface area (Å²) >= 11 is 1.70. The van der Waals surface area contributed by atoms with E-state index in [0.717, 1.165) is 16.6 Å². The van der Waals surface area contributed by atoms with Gasteiger partial charge < -0.3 is 5.73 Å². The van der Waals surface area contributed by atoms with Crippen LogP contribution in [0.3, 0.4) is 0 Å². The van der Waals surface area contributed by atoms with E-state index < -0.39 is 0 Å². The summed E-state index contributed by atoms with van der Waals surface area (Å²) in [6.07, 6.45) is 0. The van der Waals surface area contributed by atoms with Crippen LogP contribution in [0, 0.1) is 6.92 Å². The molecule has 0 aliphatic carbocycles. The van der Waals surface area contributed by atoms with Crippen LogP contribution in [0.1, 0.15) is 37.7 Å². The van der Waals surface area contributed by atoms with Crippen molar-refractivity contribution in [2.24, 2.45) is 0 Å². The van der Waals surface area contributed by atoms with Crippen LogP contribution in [0.15, 0.2) is 35.4 Å². The average molecular weight is 287 g/mol. The van der Waals surface area contributed by atoms with Crippen molar-refractivity contribution in [2.75, 3.05) is 5.73 Å². The summed E-state index contributed by atoms with van der Waals surface area (Å²) < 4.78 is 0. The zero-order valence-corrected chi connectivity index (χ0v) is 13.3. The monoisotopic (exact) mass is 287 g/mol. The molecule has 0 unspecified atom stereocenters. The van der Waals surface area contributed by atoms with E-state index in [1.54, 1.807) is 11.8 Å². The summed E-state index contributed by atoms with van der Waals surface area (Å²) in [5, 5.41) is 0.936. The fraction of sp³-hybridized carbons (Fsp3) is 0.375. The van der Waals surface area contributed by atoms with Crippen molar-refractivity contribution in [2.45, 2.75) is 43.9 Å². The second-order valence-corrected chi connectivity index (χ2v) is 6.92. The minimum Gasteiger partial charge on any atom is -0.384 e. The Bertz CT molecular complexity index is 603. The summed E-state index contributed by atoms with van der Waals surface area (Å²) in [5.74, 6) is 2.23. The lowest BCUT2D eigenvalue weighted by Gasteiger charge is -2.17. The third-order valence-electron chi connectivity index (χ3n) is 3.03. The minimum atomic E-state index is -0.0899. The highest BCUT2D eigenvalue weighted by atomic mass is 32.2. The number of hydrogen-bond acceptors (Lipinski definition) is 4. The lowest BCUT2D eigenvalue weighted by Crippen LogP contribution is -2.17. The third kappa shape index (κ3) is 3.73. The number of anilines is 1. The van der Waals surface area contributed by atoms with E-state index in [4.69, 9.17) is 5.73 Å². The molecule has 2 aromatic rings. The van der Waals surface area contributed by atoms with E-state index in [0.29, 0.717) is 5.82 Å². The van der Waals surface area contributed by atoms with Gasteiger partial charge in [-0.3, -0.25) is 0 Å². The Morgan fingerprint density at radius 3 is 2.50 bits per heavy atom. The van der Waals surface area contributed by atoms with Crippen LogP contribution < -0.4 is 5.73 Å². The molecule has 0 radical (unpaired) electrons. The summed E-state index contributed by atoms with van der Waals surface area (Å²) in [6, 6.07) is 10.3. The predicted octanol–water partition coefficient (Wildman–Crippen LogP) is 3.96. The Kier molecular flexibility index (Phi) is 4.33. The van der Waals surface area contributed by atoms with Crippen LogP contribution in [0.5, 0.6) is 0 Å². The smallest absolute Gasteiger partial charge is 0.137 e. The number of nitrogen functional groups attached to an aromatic ring is 1. The van der Waals surface area contributed by atoms with Crippen LogP contribution in [-0.4, -0.2) is 9.97 Å². The Balaban J connectivity index is 2.18. The number of hydrogen-bond donors (Lipinski definition) is 1. The van der Waals surface area contributed by atoms with Gasteiger partial charge in [0, 0.05) is 17.2 Å². The van der Waals surface area contributed by atoms with Gasteiger partial charge in [-0.2, -0.15) is 0 Å². The first-order valence-electron chi connectivity index (χ1n) is 6.68. The van der Waals surface area contributed by atoms with Gasteiger partial charge in [0.05, 0.1) is 0 Å². The minimum absolute atomic E-state index is 0.0899. The van der Waals surface area contributed by atoms with E-state index >= 15 is 0 Å². The van der Waals surface area contributed by atoms with Gasteiger partial charge in [-0.25, -0.2) is 9.97 Å². The number of aryl methyl sites for hydroxylation is 1. The first-order chi connectivity index (χ1) is 9.36. The van der Waals surface area contributed by atoms with Crippen molar-refractivity contribution in [3.63, 3.8) is 0 Å². The standard InChI is InChI=1S/C16H21N3S/c1-11-7-5-6-8-12(11)10-20-14-9-13(17)18-15(19-14)16(2,3)4/h5-9H,10H2,1-4H3,(H2,17,18,19). The fourth-order valence-corrected chi connectivity index (χ4v) is 2.76. The van der Waals surface area contributed by atoms with Gasteiger partial charge in [0.15, 0.2) is 0 Å². The van der Waals surface area contributed by atoms with E-state index in [2.05, 4.69) is 61.9 Å². The van der Waals surface area contributed by atoms with E-state index in [1.807, 2.05) is 6.07 Å². The van der Waals surface area contributed by atoms with E-state index in [-0.39, 0.29) is 5.41 Å². The van der Waals surface area contributed by atoms with Crippen LogP contribution >= 0.6 is 11.8 Å². The zero-order valence-electron chi connectivity index (χ0n) is 12.5. The molecule has 1 heterocycles. The molecule has 0 amide bonds. The molecule has 0 saturated heterocycles.